The summed E-state index contributed by atoms with van der Waals surface area (Å²) >= 11 is 0. The molecule has 0 aliphatic carbocycles. The summed E-state index contributed by atoms with van der Waals surface area (Å²) in [6.45, 7) is 3.50. The Labute approximate surface area is 71.6 Å². The average molecular weight is 173 g/mol. The largest absolute Gasteiger partial charge is 0.381 e. The Bertz CT molecular complexity index is 166. The van der Waals surface area contributed by atoms with Gasteiger partial charge >= 0.3 is 0 Å². The van der Waals surface area contributed by atoms with Crippen molar-refractivity contribution in [2.45, 2.75) is 19.4 Å². The van der Waals surface area contributed by atoms with E-state index in [0.717, 1.165) is 19.6 Å². The first kappa shape index (κ1) is 9.28. The minimum atomic E-state index is 0.0643. The fourth-order valence-electron chi connectivity index (χ4n) is 1.29. The first-order valence-electron chi connectivity index (χ1n) is 4.05. The van der Waals surface area contributed by atoms with Gasteiger partial charge in [0.15, 0.2) is 0 Å². The quantitative estimate of drug-likeness (QED) is 0.304. The number of hydrogen-bond acceptors (Lipinski definition) is 3. The lowest BCUT2D eigenvalue weighted by Crippen LogP contribution is -2.31. The van der Waals surface area contributed by atoms with Gasteiger partial charge in [-0.15, -0.1) is 0 Å². The molecule has 5 heteroatoms. The summed E-state index contributed by atoms with van der Waals surface area (Å²) in [6, 6.07) is 0.104. The van der Waals surface area contributed by atoms with Gasteiger partial charge < -0.3 is 10.5 Å². The molecule has 0 radical (unpaired) electrons. The maximum Gasteiger partial charge on any atom is 0.213 e. The van der Waals surface area contributed by atoms with Crippen LogP contribution in [0.25, 0.3) is 0 Å². The van der Waals surface area contributed by atoms with Crippen molar-refractivity contribution in [3.8, 4) is 0 Å². The van der Waals surface area contributed by atoms with Crippen molar-refractivity contribution in [3.63, 3.8) is 0 Å². The molecule has 0 aromatic heterocycles. The molecule has 0 amide bonds. The van der Waals surface area contributed by atoms with Crippen LogP contribution >= 0.6 is 0 Å². The van der Waals surface area contributed by atoms with Crippen LogP contribution in [0, 0.1) is 5.92 Å². The maximum absolute atomic E-state index is 8.39. The summed E-state index contributed by atoms with van der Waals surface area (Å²) in [5.41, 5.74) is 7.10. The smallest absolute Gasteiger partial charge is 0.213 e. The van der Waals surface area contributed by atoms with E-state index in [1.165, 1.54) is 0 Å². The number of guanidine groups is 1. The van der Waals surface area contributed by atoms with Crippen molar-refractivity contribution in [2.75, 3.05) is 13.2 Å². The van der Waals surface area contributed by atoms with Gasteiger partial charge in [-0.25, -0.2) is 10.5 Å². The highest BCUT2D eigenvalue weighted by Crippen LogP contribution is 2.18. The van der Waals surface area contributed by atoms with Gasteiger partial charge in [0.25, 0.3) is 0 Å². The standard InChI is InChI=1S/C7H15N3O2/c1-5(9-7(8)10-11)6-2-3-12-4-6/h5-6,11H,2-4H2,1H3,(H3,8,9,10). The summed E-state index contributed by atoms with van der Waals surface area (Å²) in [5, 5.41) is 8.39. The van der Waals surface area contributed by atoms with Crippen LogP contribution in [0.4, 0.5) is 0 Å². The molecule has 5 nitrogen and oxygen atoms in total. The topological polar surface area (TPSA) is 79.9 Å². The van der Waals surface area contributed by atoms with E-state index in [4.69, 9.17) is 15.7 Å². The maximum atomic E-state index is 8.39. The van der Waals surface area contributed by atoms with E-state index in [9.17, 15) is 0 Å². The van der Waals surface area contributed by atoms with E-state index in [-0.39, 0.29) is 12.0 Å². The van der Waals surface area contributed by atoms with Crippen molar-refractivity contribution in [2.24, 2.45) is 16.6 Å². The summed E-state index contributed by atoms with van der Waals surface area (Å²) in [5.74, 6) is 0.492. The van der Waals surface area contributed by atoms with Crippen LogP contribution in [0.5, 0.6) is 0 Å². The van der Waals surface area contributed by atoms with E-state index in [2.05, 4.69) is 4.99 Å². The normalized spacial score (nSPS) is 27.2. The number of ether oxygens (including phenoxy) is 1. The molecule has 1 aliphatic heterocycles. The minimum absolute atomic E-state index is 0.0643. The SMILES string of the molecule is CC(N=C(N)NO)C1CCOC1. The van der Waals surface area contributed by atoms with Gasteiger partial charge in [-0.3, -0.25) is 5.21 Å². The molecule has 2 unspecified atom stereocenters. The molecule has 1 rings (SSSR count). The Kier molecular flexibility index (Phi) is 3.31. The lowest BCUT2D eigenvalue weighted by atomic mass is 10.0. The molecule has 0 aromatic carbocycles. The van der Waals surface area contributed by atoms with Gasteiger partial charge in [0.05, 0.1) is 12.6 Å². The van der Waals surface area contributed by atoms with Crippen LogP contribution in [-0.2, 0) is 4.74 Å². The number of nitrogens with two attached hydrogens (primary N) is 1. The van der Waals surface area contributed by atoms with Gasteiger partial charge in [0.1, 0.15) is 0 Å². The Hall–Kier alpha value is -0.810. The van der Waals surface area contributed by atoms with E-state index in [0.29, 0.717) is 5.92 Å². The molecule has 2 atom stereocenters. The first-order valence-corrected chi connectivity index (χ1v) is 4.05. The summed E-state index contributed by atoms with van der Waals surface area (Å²) in [6.07, 6.45) is 1.02. The van der Waals surface area contributed by atoms with Crippen LogP contribution < -0.4 is 11.2 Å². The lowest BCUT2D eigenvalue weighted by Gasteiger charge is -2.12. The second kappa shape index (κ2) is 4.27. The Morgan fingerprint density at radius 3 is 3.08 bits per heavy atom. The second-order valence-corrected chi connectivity index (χ2v) is 2.99. The zero-order valence-corrected chi connectivity index (χ0v) is 7.16. The zero-order chi connectivity index (χ0) is 8.97. The number of nitrogens with one attached hydrogen (secondary N) is 1. The highest BCUT2D eigenvalue weighted by molar-refractivity contribution is 5.76. The number of hydrogen-bond donors (Lipinski definition) is 3. The fourth-order valence-corrected chi connectivity index (χ4v) is 1.29. The molecule has 1 saturated heterocycles. The van der Waals surface area contributed by atoms with Crippen LogP contribution in [0.2, 0.25) is 0 Å². The lowest BCUT2D eigenvalue weighted by molar-refractivity contribution is 0.181. The Balaban J connectivity index is 2.40. The van der Waals surface area contributed by atoms with E-state index in [1.54, 1.807) is 5.48 Å². The van der Waals surface area contributed by atoms with Crippen LogP contribution in [0.3, 0.4) is 0 Å². The third-order valence-electron chi connectivity index (χ3n) is 2.10. The predicted octanol–water partition coefficient (Wildman–Crippen LogP) is -0.295. The molecule has 0 spiro atoms. The van der Waals surface area contributed by atoms with Crippen LogP contribution in [0.1, 0.15) is 13.3 Å². The third-order valence-corrected chi connectivity index (χ3v) is 2.10. The van der Waals surface area contributed by atoms with Crippen molar-refractivity contribution < 1.29 is 9.94 Å². The highest BCUT2D eigenvalue weighted by atomic mass is 16.5. The molecule has 4 N–H and O–H groups in total. The van der Waals surface area contributed by atoms with Crippen LogP contribution in [-0.4, -0.2) is 30.4 Å². The van der Waals surface area contributed by atoms with E-state index < -0.39 is 0 Å². The molecule has 0 saturated carbocycles. The Morgan fingerprint density at radius 2 is 2.58 bits per heavy atom. The number of aliphatic imine (C=N–C) groups is 1. The van der Waals surface area contributed by atoms with Crippen molar-refractivity contribution >= 4 is 5.96 Å². The molecule has 0 bridgehead atoms. The number of hydroxylamine groups is 1. The molecule has 1 fully saturated rings. The van der Waals surface area contributed by atoms with Gasteiger partial charge in [0.2, 0.25) is 5.96 Å². The van der Waals surface area contributed by atoms with Gasteiger partial charge in [-0.1, -0.05) is 0 Å². The molecule has 0 aromatic rings. The Morgan fingerprint density at radius 1 is 1.83 bits per heavy atom. The van der Waals surface area contributed by atoms with E-state index in [1.807, 2.05) is 6.92 Å². The fraction of sp³-hybridized carbons (Fsp3) is 0.857. The molecular formula is C7H15N3O2. The first-order chi connectivity index (χ1) is 5.74. The zero-order valence-electron chi connectivity index (χ0n) is 7.16. The van der Waals surface area contributed by atoms with Crippen molar-refractivity contribution in [3.05, 3.63) is 0 Å². The molecule has 1 aliphatic rings. The second-order valence-electron chi connectivity index (χ2n) is 2.99. The van der Waals surface area contributed by atoms with Gasteiger partial charge in [-0.2, -0.15) is 0 Å². The summed E-state index contributed by atoms with van der Waals surface area (Å²) in [7, 11) is 0. The monoisotopic (exact) mass is 173 g/mol. The number of nitrogens with zero attached hydrogens (tertiary/aromatic N) is 1. The van der Waals surface area contributed by atoms with Crippen molar-refractivity contribution in [1.82, 2.24) is 5.48 Å². The molecule has 1 heterocycles. The van der Waals surface area contributed by atoms with Gasteiger partial charge in [0, 0.05) is 12.5 Å². The number of rotatable bonds is 2. The third kappa shape index (κ3) is 2.35. The molecule has 12 heavy (non-hydrogen) atoms. The summed E-state index contributed by atoms with van der Waals surface area (Å²) in [4.78, 5) is 4.03. The van der Waals surface area contributed by atoms with Crippen molar-refractivity contribution in [1.29, 1.82) is 0 Å². The van der Waals surface area contributed by atoms with Gasteiger partial charge in [-0.05, 0) is 13.3 Å². The molecule has 70 valence electrons. The van der Waals surface area contributed by atoms with Crippen LogP contribution in [0.15, 0.2) is 4.99 Å². The van der Waals surface area contributed by atoms with E-state index >= 15 is 0 Å². The minimum Gasteiger partial charge on any atom is -0.381 e. The average Bonchev–Trinajstić information content (AvgIpc) is 2.56. The highest BCUT2D eigenvalue weighted by Gasteiger charge is 2.21. The predicted molar refractivity (Wildman–Crippen MR) is 44.9 cm³/mol. The summed E-state index contributed by atoms with van der Waals surface area (Å²) < 4.78 is 5.20. The molecular weight excluding hydrogens is 158 g/mol.